The Bertz CT molecular complexity index is 1010. The van der Waals surface area contributed by atoms with Gasteiger partial charge in [0.15, 0.2) is 5.78 Å². The third kappa shape index (κ3) is 8.92. The van der Waals surface area contributed by atoms with E-state index in [9.17, 15) is 4.79 Å². The van der Waals surface area contributed by atoms with Crippen LogP contribution in [0.3, 0.4) is 0 Å². The standard InChI is InChI=1S/C15H19NO2S.C10H14N2OS/c1-9(11(3)19)14(10(2)16)15(17)12-5-7-13(18-4)8-6-12;1-8(14)12(11)7-9-3-5-10(13-2)6-4-9/h5-8,19H,16H2,1-4H3;3-6H,7,11H2,1-2H3/b11-9-,14-10-;. The number of Topliss-reactive ketones (excluding diaryl/α,β-unsaturated/α-hetero) is 1. The minimum atomic E-state index is -0.103. The smallest absolute Gasteiger partial charge is 0.195 e. The van der Waals surface area contributed by atoms with Gasteiger partial charge in [0.1, 0.15) is 11.5 Å². The van der Waals surface area contributed by atoms with Crippen LogP contribution in [0.25, 0.3) is 0 Å². The Kier molecular flexibility index (Phi) is 11.7. The average Bonchev–Trinajstić information content (AvgIpc) is 2.79. The number of ketones is 1. The van der Waals surface area contributed by atoms with E-state index in [1.165, 1.54) is 5.01 Å². The predicted octanol–water partition coefficient (Wildman–Crippen LogP) is 5.05. The molecular formula is C25H33N3O3S2. The van der Waals surface area contributed by atoms with Crippen LogP contribution in [-0.2, 0) is 6.54 Å². The molecule has 0 saturated heterocycles. The van der Waals surface area contributed by atoms with Gasteiger partial charge in [0, 0.05) is 16.8 Å². The molecule has 0 aromatic heterocycles. The molecule has 0 amide bonds. The molecule has 0 radical (unpaired) electrons. The molecule has 0 aliphatic carbocycles. The molecule has 0 heterocycles. The van der Waals surface area contributed by atoms with E-state index >= 15 is 0 Å². The number of allylic oxidation sites excluding steroid dienone is 4. The van der Waals surface area contributed by atoms with Gasteiger partial charge in [0.2, 0.25) is 0 Å². The number of ether oxygens (including phenoxy) is 2. The first kappa shape index (κ1) is 28.2. The highest BCUT2D eigenvalue weighted by molar-refractivity contribution is 7.84. The lowest BCUT2D eigenvalue weighted by atomic mass is 9.96. The van der Waals surface area contributed by atoms with Gasteiger partial charge in [-0.05, 0) is 80.1 Å². The molecule has 8 heteroatoms. The fourth-order valence-corrected chi connectivity index (χ4v) is 2.93. The summed E-state index contributed by atoms with van der Waals surface area (Å²) < 4.78 is 10.1. The fraction of sp³-hybridized carbons (Fsp3) is 0.280. The van der Waals surface area contributed by atoms with Gasteiger partial charge < -0.3 is 20.2 Å². The van der Waals surface area contributed by atoms with E-state index in [2.05, 4.69) is 12.6 Å². The molecule has 0 spiro atoms. The highest BCUT2D eigenvalue weighted by atomic mass is 32.1. The largest absolute Gasteiger partial charge is 0.497 e. The Morgan fingerprint density at radius 2 is 1.39 bits per heavy atom. The van der Waals surface area contributed by atoms with Crippen LogP contribution < -0.4 is 21.1 Å². The molecule has 2 aromatic carbocycles. The second-order valence-electron chi connectivity index (χ2n) is 7.32. The third-order valence-corrected chi connectivity index (χ3v) is 5.38. The summed E-state index contributed by atoms with van der Waals surface area (Å²) in [7, 11) is 3.23. The van der Waals surface area contributed by atoms with Crippen LogP contribution in [0.2, 0.25) is 0 Å². The van der Waals surface area contributed by atoms with E-state index in [0.717, 1.165) is 21.8 Å². The van der Waals surface area contributed by atoms with Crippen LogP contribution in [0, 0.1) is 0 Å². The lowest BCUT2D eigenvalue weighted by Crippen LogP contribution is -2.33. The monoisotopic (exact) mass is 487 g/mol. The highest BCUT2D eigenvalue weighted by Crippen LogP contribution is 2.23. The molecule has 178 valence electrons. The van der Waals surface area contributed by atoms with Crippen LogP contribution in [-0.4, -0.2) is 30.0 Å². The number of methoxy groups -OCH3 is 2. The van der Waals surface area contributed by atoms with Crippen molar-refractivity contribution in [3.63, 3.8) is 0 Å². The van der Waals surface area contributed by atoms with Gasteiger partial charge in [-0.3, -0.25) is 4.79 Å². The van der Waals surface area contributed by atoms with E-state index in [1.54, 1.807) is 52.3 Å². The SMILES string of the molecule is COc1ccc(C(=O)C(=C(/C)N)/C(C)=C(/C)S)cc1.COc1ccc(CN(N)C(C)=S)cc1. The Morgan fingerprint density at radius 3 is 1.76 bits per heavy atom. The van der Waals surface area contributed by atoms with Crippen molar-refractivity contribution in [2.75, 3.05) is 14.2 Å². The quantitative estimate of drug-likeness (QED) is 0.0957. The Hall–Kier alpha value is -2.81. The number of rotatable bonds is 7. The second-order valence-corrected chi connectivity index (χ2v) is 8.58. The molecule has 0 unspecified atom stereocenters. The number of nitrogens with zero attached hydrogens (tertiary/aromatic N) is 1. The van der Waals surface area contributed by atoms with Crippen molar-refractivity contribution in [2.45, 2.75) is 34.2 Å². The summed E-state index contributed by atoms with van der Waals surface area (Å²) in [5, 5.41) is 1.54. The molecule has 0 saturated carbocycles. The molecule has 4 N–H and O–H groups in total. The topological polar surface area (TPSA) is 90.8 Å². The van der Waals surface area contributed by atoms with Crippen molar-refractivity contribution >= 4 is 35.6 Å². The number of carbonyl (C=O) groups is 1. The van der Waals surface area contributed by atoms with E-state index in [-0.39, 0.29) is 5.78 Å². The third-order valence-electron chi connectivity index (χ3n) is 4.81. The van der Waals surface area contributed by atoms with E-state index in [4.69, 9.17) is 33.3 Å². The first-order chi connectivity index (χ1) is 15.5. The number of hydrazine groups is 1. The minimum absolute atomic E-state index is 0.103. The zero-order valence-corrected chi connectivity index (χ0v) is 21.7. The van der Waals surface area contributed by atoms with Crippen molar-refractivity contribution in [2.24, 2.45) is 11.6 Å². The van der Waals surface area contributed by atoms with Gasteiger partial charge in [-0.1, -0.05) is 24.4 Å². The van der Waals surface area contributed by atoms with Crippen LogP contribution >= 0.6 is 24.8 Å². The van der Waals surface area contributed by atoms with Crippen LogP contribution in [0.4, 0.5) is 0 Å². The van der Waals surface area contributed by atoms with E-state index in [1.807, 2.05) is 38.1 Å². The van der Waals surface area contributed by atoms with E-state index in [0.29, 0.717) is 34.1 Å². The van der Waals surface area contributed by atoms with Crippen molar-refractivity contribution < 1.29 is 14.3 Å². The first-order valence-corrected chi connectivity index (χ1v) is 11.0. The molecule has 0 aliphatic heterocycles. The minimum Gasteiger partial charge on any atom is -0.497 e. The fourth-order valence-electron chi connectivity index (χ4n) is 2.75. The first-order valence-electron chi connectivity index (χ1n) is 10.2. The van der Waals surface area contributed by atoms with Crippen molar-refractivity contribution in [3.8, 4) is 11.5 Å². The summed E-state index contributed by atoms with van der Waals surface area (Å²) in [4.78, 5) is 13.9. The molecule has 0 bridgehead atoms. The predicted molar refractivity (Wildman–Crippen MR) is 143 cm³/mol. The number of hydrogen-bond acceptors (Lipinski definition) is 7. The van der Waals surface area contributed by atoms with Gasteiger partial charge in [0.25, 0.3) is 0 Å². The molecule has 0 aliphatic rings. The Labute approximate surface area is 207 Å². The molecular weight excluding hydrogens is 454 g/mol. The Morgan fingerprint density at radius 1 is 0.939 bits per heavy atom. The summed E-state index contributed by atoms with van der Waals surface area (Å²) in [6.45, 7) is 7.83. The summed E-state index contributed by atoms with van der Waals surface area (Å²) in [5.74, 6) is 7.13. The lowest BCUT2D eigenvalue weighted by molar-refractivity contribution is 0.103. The molecule has 2 rings (SSSR count). The lowest BCUT2D eigenvalue weighted by Gasteiger charge is -2.16. The zero-order valence-electron chi connectivity index (χ0n) is 20.0. The molecule has 0 fully saturated rings. The van der Waals surface area contributed by atoms with Gasteiger partial charge in [-0.15, -0.1) is 12.6 Å². The summed E-state index contributed by atoms with van der Waals surface area (Å²) >= 11 is 9.23. The number of benzene rings is 2. The maximum atomic E-state index is 12.5. The molecule has 33 heavy (non-hydrogen) atoms. The van der Waals surface area contributed by atoms with Gasteiger partial charge >= 0.3 is 0 Å². The number of hydrogen-bond donors (Lipinski definition) is 3. The van der Waals surface area contributed by atoms with Crippen LogP contribution in [0.1, 0.15) is 43.6 Å². The van der Waals surface area contributed by atoms with Gasteiger partial charge in [-0.2, -0.15) is 0 Å². The summed E-state index contributed by atoms with van der Waals surface area (Å²) in [5.41, 5.74) is 9.32. The number of carbonyl (C=O) groups excluding carboxylic acids is 1. The average molecular weight is 488 g/mol. The maximum absolute atomic E-state index is 12.5. The Balaban J connectivity index is 0.000000346. The summed E-state index contributed by atoms with van der Waals surface area (Å²) in [6.07, 6.45) is 0. The number of thiol groups is 1. The van der Waals surface area contributed by atoms with Gasteiger partial charge in [-0.25, -0.2) is 5.84 Å². The second kappa shape index (κ2) is 13.7. The van der Waals surface area contributed by atoms with E-state index < -0.39 is 0 Å². The van der Waals surface area contributed by atoms with Crippen LogP contribution in [0.15, 0.2) is 70.3 Å². The van der Waals surface area contributed by atoms with Crippen molar-refractivity contribution in [1.29, 1.82) is 0 Å². The number of thiocarbonyl (C=S) groups is 1. The summed E-state index contributed by atoms with van der Waals surface area (Å²) in [6, 6.07) is 14.7. The highest BCUT2D eigenvalue weighted by Gasteiger charge is 2.17. The van der Waals surface area contributed by atoms with Crippen LogP contribution in [0.5, 0.6) is 11.5 Å². The van der Waals surface area contributed by atoms with Crippen molar-refractivity contribution in [1.82, 2.24) is 5.01 Å². The van der Waals surface area contributed by atoms with Crippen molar-refractivity contribution in [3.05, 3.63) is 81.4 Å². The van der Waals surface area contributed by atoms with Gasteiger partial charge in [0.05, 0.1) is 25.8 Å². The molecule has 2 aromatic rings. The number of nitrogens with two attached hydrogens (primary N) is 2. The zero-order chi connectivity index (χ0) is 25.1. The normalized spacial score (nSPS) is 11.9. The molecule has 0 atom stereocenters. The maximum Gasteiger partial charge on any atom is 0.195 e. The molecule has 6 nitrogen and oxygen atoms in total.